The van der Waals surface area contributed by atoms with Crippen LogP contribution in [0.2, 0.25) is 0 Å². The molecule has 16 heteroatoms. The topological polar surface area (TPSA) is 269 Å². The first-order valence-electron chi connectivity index (χ1n) is 13.4. The zero-order chi connectivity index (χ0) is 31.2. The van der Waals surface area contributed by atoms with Crippen LogP contribution in [0.1, 0.15) is 17.2 Å². The molecule has 2 fully saturated rings. The van der Waals surface area contributed by atoms with Gasteiger partial charge in [-0.25, -0.2) is 0 Å². The summed E-state index contributed by atoms with van der Waals surface area (Å²) >= 11 is 0. The number of hydrogen-bond acceptors (Lipinski definition) is 16. The van der Waals surface area contributed by atoms with Crippen LogP contribution < -0.4 is 9.47 Å². The first-order valence-corrected chi connectivity index (χ1v) is 13.4. The average Bonchev–Trinajstić information content (AvgIpc) is 2.98. The molecule has 11 N–H and O–H groups in total. The van der Waals surface area contributed by atoms with Crippen molar-refractivity contribution >= 4 is 0 Å². The fraction of sp³-hybridized carbons (Fsp3) is 0.556. The Bertz CT molecular complexity index is 1270. The summed E-state index contributed by atoms with van der Waals surface area (Å²) in [5.74, 6) is -1.06. The summed E-state index contributed by atoms with van der Waals surface area (Å²) in [6, 6.07) is 6.32. The fourth-order valence-electron chi connectivity index (χ4n) is 5.33. The van der Waals surface area contributed by atoms with Gasteiger partial charge in [-0.3, -0.25) is 0 Å². The van der Waals surface area contributed by atoms with Gasteiger partial charge in [-0.05, 0) is 17.7 Å². The molecule has 0 saturated carbocycles. The monoisotopic (exact) mass is 614 g/mol. The highest BCUT2D eigenvalue weighted by Gasteiger charge is 2.51. The summed E-state index contributed by atoms with van der Waals surface area (Å²) < 4.78 is 27.9. The van der Waals surface area contributed by atoms with Crippen molar-refractivity contribution in [2.45, 2.75) is 80.0 Å². The zero-order valence-corrected chi connectivity index (χ0v) is 22.4. The summed E-state index contributed by atoms with van der Waals surface area (Å²) in [6.07, 6.45) is -18.8. The van der Waals surface area contributed by atoms with E-state index in [1.807, 2.05) is 0 Å². The number of aromatic hydroxyl groups is 3. The standard InChI is InChI=1S/C27H34O16/c28-7-17-19(34)20(35)22(37)27(41-17)43-25-18(8-29)42-26(23(38)21(25)36)40-16-3-9(1-2-12(16)31)24-14(33)6-11-13(32)4-10(30)5-15(11)39-24/h1-5,14,17-38H,6-8H2/t14-,17-,18-,19-,20+,21-,22-,23-,24+,25-,26+,27-/m0/s1. The molecule has 2 aromatic rings. The van der Waals surface area contributed by atoms with Crippen LogP contribution in [0.25, 0.3) is 0 Å². The molecule has 0 bridgehead atoms. The quantitative estimate of drug-likeness (QED) is 0.147. The number of hydrogen-bond donors (Lipinski definition) is 11. The molecular weight excluding hydrogens is 580 g/mol. The first kappa shape index (κ1) is 31.4. The van der Waals surface area contributed by atoms with Crippen molar-refractivity contribution in [1.29, 1.82) is 0 Å². The number of phenolic OH excluding ortho intramolecular Hbond substituents is 3. The lowest BCUT2D eigenvalue weighted by molar-refractivity contribution is -0.352. The number of aliphatic hydroxyl groups excluding tert-OH is 8. The van der Waals surface area contributed by atoms with E-state index in [9.17, 15) is 56.2 Å². The Morgan fingerprint density at radius 1 is 0.721 bits per heavy atom. The van der Waals surface area contributed by atoms with Crippen LogP contribution in [-0.4, -0.2) is 137 Å². The Balaban J connectivity index is 1.32. The summed E-state index contributed by atoms with van der Waals surface area (Å²) in [5, 5.41) is 112. The molecule has 3 aliphatic heterocycles. The number of phenols is 3. The van der Waals surface area contributed by atoms with E-state index < -0.39 is 92.6 Å². The van der Waals surface area contributed by atoms with Gasteiger partial charge in [0.1, 0.15) is 72.2 Å². The Hall–Kier alpha value is -3.00. The van der Waals surface area contributed by atoms with E-state index in [2.05, 4.69) is 0 Å². The minimum absolute atomic E-state index is 0.0200. The highest BCUT2D eigenvalue weighted by Crippen LogP contribution is 2.43. The maximum atomic E-state index is 10.8. The number of rotatable bonds is 7. The lowest BCUT2D eigenvalue weighted by Gasteiger charge is -2.45. The van der Waals surface area contributed by atoms with Crippen LogP contribution in [-0.2, 0) is 20.6 Å². The second kappa shape index (κ2) is 12.5. The van der Waals surface area contributed by atoms with Crippen LogP contribution in [0, 0.1) is 0 Å². The molecule has 43 heavy (non-hydrogen) atoms. The van der Waals surface area contributed by atoms with Gasteiger partial charge in [0.05, 0.1) is 19.3 Å². The van der Waals surface area contributed by atoms with E-state index in [0.29, 0.717) is 11.1 Å². The first-order chi connectivity index (χ1) is 20.4. The van der Waals surface area contributed by atoms with Crippen LogP contribution in [0.3, 0.4) is 0 Å². The van der Waals surface area contributed by atoms with Gasteiger partial charge in [0.25, 0.3) is 0 Å². The van der Waals surface area contributed by atoms with Crippen molar-refractivity contribution < 1.29 is 79.9 Å². The lowest BCUT2D eigenvalue weighted by atomic mass is 9.94. The molecule has 0 aromatic heterocycles. The summed E-state index contributed by atoms with van der Waals surface area (Å²) in [7, 11) is 0. The van der Waals surface area contributed by atoms with E-state index in [4.69, 9.17) is 23.7 Å². The molecule has 238 valence electrons. The van der Waals surface area contributed by atoms with Crippen LogP contribution in [0.5, 0.6) is 28.7 Å². The molecule has 2 saturated heterocycles. The second-order valence-corrected chi connectivity index (χ2v) is 10.6. The van der Waals surface area contributed by atoms with Gasteiger partial charge in [-0.2, -0.15) is 0 Å². The van der Waals surface area contributed by atoms with Gasteiger partial charge in [0.15, 0.2) is 17.8 Å². The normalized spacial score (nSPS) is 37.8. The molecular formula is C27H34O16. The van der Waals surface area contributed by atoms with Crippen molar-refractivity contribution in [2.24, 2.45) is 0 Å². The minimum atomic E-state index is -1.87. The zero-order valence-electron chi connectivity index (χ0n) is 22.4. The molecule has 5 rings (SSSR count). The molecule has 16 nitrogen and oxygen atoms in total. The number of aliphatic hydroxyl groups is 8. The van der Waals surface area contributed by atoms with Gasteiger partial charge in [-0.1, -0.05) is 6.07 Å². The molecule has 0 radical (unpaired) electrons. The van der Waals surface area contributed by atoms with E-state index in [1.165, 1.54) is 24.3 Å². The van der Waals surface area contributed by atoms with Crippen molar-refractivity contribution in [2.75, 3.05) is 13.2 Å². The summed E-state index contributed by atoms with van der Waals surface area (Å²) in [6.45, 7) is -1.53. The van der Waals surface area contributed by atoms with E-state index in [0.717, 1.165) is 6.07 Å². The third-order valence-corrected chi connectivity index (χ3v) is 7.70. The highest BCUT2D eigenvalue weighted by molar-refractivity contribution is 5.52. The lowest BCUT2D eigenvalue weighted by Crippen LogP contribution is -2.65. The van der Waals surface area contributed by atoms with E-state index in [-0.39, 0.29) is 29.4 Å². The van der Waals surface area contributed by atoms with Gasteiger partial charge < -0.3 is 79.9 Å². The van der Waals surface area contributed by atoms with Crippen LogP contribution >= 0.6 is 0 Å². The molecule has 0 amide bonds. The van der Waals surface area contributed by atoms with Crippen molar-refractivity contribution in [3.8, 4) is 28.7 Å². The predicted octanol–water partition coefficient (Wildman–Crippen LogP) is -3.16. The maximum Gasteiger partial charge on any atom is 0.229 e. The Morgan fingerprint density at radius 3 is 2.09 bits per heavy atom. The summed E-state index contributed by atoms with van der Waals surface area (Å²) in [4.78, 5) is 0. The van der Waals surface area contributed by atoms with Crippen molar-refractivity contribution in [1.82, 2.24) is 0 Å². The van der Waals surface area contributed by atoms with Crippen molar-refractivity contribution in [3.63, 3.8) is 0 Å². The SMILES string of the molecule is OC[C@@H]1O[C@@H](O[C@@H]2[C@@H](O)[C@H](O)[C@H](Oc3cc([C@H]4Oc5cc(O)cc(O)c5C[C@@H]4O)ccc3O)O[C@H]2CO)[C@@H](O)[C@H](O)[C@H]1O. The molecule has 3 heterocycles. The molecule has 0 aliphatic carbocycles. The van der Waals surface area contributed by atoms with E-state index >= 15 is 0 Å². The Morgan fingerprint density at radius 2 is 1.40 bits per heavy atom. The number of benzene rings is 2. The van der Waals surface area contributed by atoms with E-state index in [1.54, 1.807) is 0 Å². The third-order valence-electron chi connectivity index (χ3n) is 7.70. The van der Waals surface area contributed by atoms with Crippen molar-refractivity contribution in [3.05, 3.63) is 41.5 Å². The van der Waals surface area contributed by atoms with Gasteiger partial charge >= 0.3 is 0 Å². The Labute approximate surface area is 243 Å². The molecule has 2 aromatic carbocycles. The fourth-order valence-corrected chi connectivity index (χ4v) is 5.33. The average molecular weight is 615 g/mol. The second-order valence-electron chi connectivity index (χ2n) is 10.6. The maximum absolute atomic E-state index is 10.8. The third kappa shape index (κ3) is 6.04. The largest absolute Gasteiger partial charge is 0.508 e. The minimum Gasteiger partial charge on any atom is -0.508 e. The highest BCUT2D eigenvalue weighted by atomic mass is 16.7. The molecule has 0 unspecified atom stereocenters. The van der Waals surface area contributed by atoms with Gasteiger partial charge in [0.2, 0.25) is 6.29 Å². The Kier molecular flexibility index (Phi) is 9.17. The van der Waals surface area contributed by atoms with Crippen LogP contribution in [0.4, 0.5) is 0 Å². The van der Waals surface area contributed by atoms with Gasteiger partial charge in [-0.15, -0.1) is 0 Å². The predicted molar refractivity (Wildman–Crippen MR) is 138 cm³/mol. The smallest absolute Gasteiger partial charge is 0.229 e. The van der Waals surface area contributed by atoms with Gasteiger partial charge in [0, 0.05) is 24.1 Å². The molecule has 12 atom stereocenters. The molecule has 3 aliphatic rings. The molecule has 0 spiro atoms. The summed E-state index contributed by atoms with van der Waals surface area (Å²) in [5.41, 5.74) is 0.585. The number of ether oxygens (including phenoxy) is 5. The number of fused-ring (bicyclic) bond motifs is 1. The van der Waals surface area contributed by atoms with Crippen LogP contribution in [0.15, 0.2) is 30.3 Å².